The number of rotatable bonds is 7. The molecule has 6 nitrogen and oxygen atoms in total. The lowest BCUT2D eigenvalue weighted by molar-refractivity contribution is -0.137. The van der Waals surface area contributed by atoms with E-state index in [1.54, 1.807) is 12.1 Å². The van der Waals surface area contributed by atoms with Gasteiger partial charge >= 0.3 is 13.1 Å². The highest BCUT2D eigenvalue weighted by Crippen LogP contribution is 2.41. The number of ether oxygens (including phenoxy) is 1. The maximum absolute atomic E-state index is 11.3. The number of carbonyl (C=O) groups is 1. The zero-order valence-electron chi connectivity index (χ0n) is 14.6. The van der Waals surface area contributed by atoms with E-state index in [2.05, 4.69) is 0 Å². The van der Waals surface area contributed by atoms with Crippen molar-refractivity contribution in [3.63, 3.8) is 0 Å². The minimum atomic E-state index is -0.907. The Bertz CT molecular complexity index is 553. The van der Waals surface area contributed by atoms with Crippen molar-refractivity contribution in [3.05, 3.63) is 29.8 Å². The van der Waals surface area contributed by atoms with Gasteiger partial charge in [0.05, 0.1) is 24.2 Å². The number of hydrogen-bond acceptors (Lipinski definition) is 5. The third-order valence-electron chi connectivity index (χ3n) is 4.66. The van der Waals surface area contributed by atoms with Crippen LogP contribution in [0.3, 0.4) is 0 Å². The van der Waals surface area contributed by atoms with Crippen molar-refractivity contribution in [1.29, 1.82) is 0 Å². The molecule has 0 spiro atoms. The van der Waals surface area contributed by atoms with Crippen LogP contribution in [0.5, 0.6) is 5.75 Å². The largest absolute Gasteiger partial charge is 0.491 e. The number of aliphatic hydroxyl groups excluding tert-OH is 1. The minimum absolute atomic E-state index is 0.0582. The molecule has 0 aliphatic carbocycles. The molecule has 1 aromatic rings. The summed E-state index contributed by atoms with van der Waals surface area (Å²) in [4.78, 5) is 11.3. The van der Waals surface area contributed by atoms with E-state index in [0.29, 0.717) is 5.75 Å². The molecule has 0 amide bonds. The SMILES string of the molecule is CC1(C)OB(C(CC(=O)O)c2ccc(OCCO)cc2)OC1(C)C. The van der Waals surface area contributed by atoms with Gasteiger partial charge in [-0.15, -0.1) is 0 Å². The molecule has 1 saturated heterocycles. The summed E-state index contributed by atoms with van der Waals surface area (Å²) >= 11 is 0. The molecule has 0 saturated carbocycles. The number of aliphatic hydroxyl groups is 1. The molecule has 1 fully saturated rings. The number of hydrogen-bond donors (Lipinski definition) is 2. The molecule has 132 valence electrons. The Hall–Kier alpha value is -1.57. The molecule has 24 heavy (non-hydrogen) atoms. The zero-order valence-corrected chi connectivity index (χ0v) is 14.6. The number of aliphatic carboxylic acids is 1. The zero-order chi connectivity index (χ0) is 18.0. The smallest absolute Gasteiger partial charge is 0.466 e. The van der Waals surface area contributed by atoms with E-state index in [9.17, 15) is 9.90 Å². The Labute approximate surface area is 142 Å². The van der Waals surface area contributed by atoms with Crippen LogP contribution in [0.25, 0.3) is 0 Å². The van der Waals surface area contributed by atoms with Crippen LogP contribution in [0.4, 0.5) is 0 Å². The average molecular weight is 336 g/mol. The first kappa shape index (κ1) is 18.8. The summed E-state index contributed by atoms with van der Waals surface area (Å²) in [7, 11) is -0.629. The Balaban J connectivity index is 2.21. The van der Waals surface area contributed by atoms with Crippen molar-refractivity contribution < 1.29 is 29.1 Å². The van der Waals surface area contributed by atoms with Gasteiger partial charge in [-0.3, -0.25) is 4.79 Å². The van der Waals surface area contributed by atoms with Gasteiger partial charge in [0, 0.05) is 5.82 Å². The molecule has 2 N–H and O–H groups in total. The Morgan fingerprint density at radius 2 is 1.71 bits per heavy atom. The van der Waals surface area contributed by atoms with Crippen LogP contribution in [0, 0.1) is 0 Å². The quantitative estimate of drug-likeness (QED) is 0.743. The third-order valence-corrected chi connectivity index (χ3v) is 4.66. The lowest BCUT2D eigenvalue weighted by Gasteiger charge is -2.32. The molecule has 1 heterocycles. The summed E-state index contributed by atoms with van der Waals surface area (Å²) in [6.07, 6.45) is -0.0896. The first-order valence-electron chi connectivity index (χ1n) is 8.07. The van der Waals surface area contributed by atoms with Gasteiger partial charge in [0.15, 0.2) is 0 Å². The molecule has 2 rings (SSSR count). The van der Waals surface area contributed by atoms with E-state index in [0.717, 1.165) is 5.56 Å². The summed E-state index contributed by atoms with van der Waals surface area (Å²) in [5.41, 5.74) is -0.218. The molecule has 0 aromatic heterocycles. The van der Waals surface area contributed by atoms with E-state index < -0.39 is 30.1 Å². The summed E-state index contributed by atoms with van der Waals surface area (Å²) < 4.78 is 17.4. The second-order valence-corrected chi connectivity index (χ2v) is 6.97. The summed E-state index contributed by atoms with van der Waals surface area (Å²) in [6, 6.07) is 7.13. The van der Waals surface area contributed by atoms with Crippen molar-refractivity contribution in [1.82, 2.24) is 0 Å². The van der Waals surface area contributed by atoms with Crippen LogP contribution >= 0.6 is 0 Å². The molecule has 1 aliphatic heterocycles. The topological polar surface area (TPSA) is 85.2 Å². The summed E-state index contributed by atoms with van der Waals surface area (Å²) in [5, 5.41) is 18.1. The average Bonchev–Trinajstić information content (AvgIpc) is 2.71. The van der Waals surface area contributed by atoms with Crippen LogP contribution in [0.15, 0.2) is 24.3 Å². The first-order valence-corrected chi connectivity index (χ1v) is 8.07. The second-order valence-electron chi connectivity index (χ2n) is 6.97. The molecule has 1 aliphatic rings. The van der Waals surface area contributed by atoms with E-state index >= 15 is 0 Å². The van der Waals surface area contributed by atoms with Gasteiger partial charge < -0.3 is 24.3 Å². The van der Waals surface area contributed by atoms with Crippen molar-refractivity contribution >= 4 is 13.1 Å². The fourth-order valence-corrected chi connectivity index (χ4v) is 2.59. The molecular weight excluding hydrogens is 311 g/mol. The molecule has 1 unspecified atom stereocenters. The highest BCUT2D eigenvalue weighted by atomic mass is 16.7. The standard InChI is InChI=1S/C17H25BO6/c1-16(2)17(3,4)24-18(23-16)14(11-15(20)21)12-5-7-13(8-6-12)22-10-9-19/h5-8,14,19H,9-11H2,1-4H3,(H,20,21). The van der Waals surface area contributed by atoms with Gasteiger partial charge in [0.1, 0.15) is 12.4 Å². The Morgan fingerprint density at radius 1 is 1.17 bits per heavy atom. The van der Waals surface area contributed by atoms with E-state index in [1.807, 2.05) is 39.8 Å². The van der Waals surface area contributed by atoms with Crippen LogP contribution < -0.4 is 4.74 Å². The van der Waals surface area contributed by atoms with Gasteiger partial charge in [-0.2, -0.15) is 0 Å². The number of carboxylic acid groups (broad SMARTS) is 1. The van der Waals surface area contributed by atoms with Gasteiger partial charge in [0.25, 0.3) is 0 Å². The molecule has 1 aromatic carbocycles. The van der Waals surface area contributed by atoms with Crippen LogP contribution in [0.2, 0.25) is 0 Å². The molecular formula is C17H25BO6. The fourth-order valence-electron chi connectivity index (χ4n) is 2.59. The Kier molecular flexibility index (Phi) is 5.57. The van der Waals surface area contributed by atoms with Gasteiger partial charge in [-0.1, -0.05) is 12.1 Å². The minimum Gasteiger partial charge on any atom is -0.491 e. The van der Waals surface area contributed by atoms with E-state index in [4.69, 9.17) is 19.2 Å². The second kappa shape index (κ2) is 7.13. The number of benzene rings is 1. The fraction of sp³-hybridized carbons (Fsp3) is 0.588. The van der Waals surface area contributed by atoms with Crippen molar-refractivity contribution in [2.45, 2.75) is 51.1 Å². The van der Waals surface area contributed by atoms with Crippen LogP contribution in [0.1, 0.15) is 45.5 Å². The van der Waals surface area contributed by atoms with E-state index in [-0.39, 0.29) is 19.6 Å². The Morgan fingerprint density at radius 3 is 2.17 bits per heavy atom. The molecule has 0 bridgehead atoms. The van der Waals surface area contributed by atoms with Crippen molar-refractivity contribution in [3.8, 4) is 5.75 Å². The molecule has 0 radical (unpaired) electrons. The van der Waals surface area contributed by atoms with Crippen LogP contribution in [-0.4, -0.2) is 47.7 Å². The normalized spacial score (nSPS) is 20.0. The molecule has 7 heteroatoms. The first-order chi connectivity index (χ1) is 11.2. The van der Waals surface area contributed by atoms with Crippen molar-refractivity contribution in [2.75, 3.05) is 13.2 Å². The molecule has 1 atom stereocenters. The summed E-state index contributed by atoms with van der Waals surface area (Å²) in [5.74, 6) is -0.707. The van der Waals surface area contributed by atoms with Gasteiger partial charge in [-0.25, -0.2) is 0 Å². The monoisotopic (exact) mass is 336 g/mol. The maximum atomic E-state index is 11.3. The predicted molar refractivity (Wildman–Crippen MR) is 90.1 cm³/mol. The van der Waals surface area contributed by atoms with E-state index in [1.165, 1.54) is 0 Å². The number of carboxylic acids is 1. The van der Waals surface area contributed by atoms with Gasteiger partial charge in [-0.05, 0) is 45.4 Å². The lowest BCUT2D eigenvalue weighted by Crippen LogP contribution is -2.41. The third kappa shape index (κ3) is 4.09. The predicted octanol–water partition coefficient (Wildman–Crippen LogP) is 2.25. The van der Waals surface area contributed by atoms with Crippen LogP contribution in [-0.2, 0) is 14.1 Å². The summed E-state index contributed by atoms with van der Waals surface area (Å²) in [6.45, 7) is 7.92. The van der Waals surface area contributed by atoms with Crippen molar-refractivity contribution in [2.24, 2.45) is 0 Å². The maximum Gasteiger partial charge on any atom is 0.466 e. The highest BCUT2D eigenvalue weighted by Gasteiger charge is 2.54. The highest BCUT2D eigenvalue weighted by molar-refractivity contribution is 6.48. The van der Waals surface area contributed by atoms with Gasteiger partial charge in [0.2, 0.25) is 0 Å². The lowest BCUT2D eigenvalue weighted by atomic mass is 9.66.